The van der Waals surface area contributed by atoms with Crippen molar-refractivity contribution >= 4 is 39.1 Å². The quantitative estimate of drug-likeness (QED) is 0.425. The summed E-state index contributed by atoms with van der Waals surface area (Å²) in [6.45, 7) is 2.01. The predicted octanol–water partition coefficient (Wildman–Crippen LogP) is 4.08. The molecule has 26 heavy (non-hydrogen) atoms. The molecule has 2 aromatic carbocycles. The topological polar surface area (TPSA) is 106 Å². The van der Waals surface area contributed by atoms with Crippen LogP contribution in [-0.4, -0.2) is 27.0 Å². The summed E-state index contributed by atoms with van der Waals surface area (Å²) in [5, 5.41) is 15.4. The fraction of sp³-hybridized carbons (Fsp3) is 0.111. The fourth-order valence-corrected chi connectivity index (χ4v) is 2.92. The lowest BCUT2D eigenvalue weighted by molar-refractivity contribution is -0.384. The third-order valence-corrected chi connectivity index (χ3v) is 4.19. The summed E-state index contributed by atoms with van der Waals surface area (Å²) in [6, 6.07) is 10.6. The van der Waals surface area contributed by atoms with E-state index in [4.69, 9.17) is 4.74 Å². The third-order valence-electron chi connectivity index (χ3n) is 4.19. The third kappa shape index (κ3) is 2.57. The molecule has 4 rings (SSSR count). The first-order valence-corrected chi connectivity index (χ1v) is 7.89. The lowest BCUT2D eigenvalue weighted by Crippen LogP contribution is -2.00. The molecule has 0 bridgehead atoms. The Balaban J connectivity index is 1.86. The highest BCUT2D eigenvalue weighted by Gasteiger charge is 2.18. The van der Waals surface area contributed by atoms with Crippen LogP contribution in [0.3, 0.4) is 0 Å². The number of aromatic amines is 1. The molecule has 0 saturated heterocycles. The van der Waals surface area contributed by atoms with Gasteiger partial charge in [0, 0.05) is 10.9 Å². The number of methoxy groups -OCH3 is 1. The number of hydrogen-bond acceptors (Lipinski definition) is 6. The second-order valence-electron chi connectivity index (χ2n) is 5.89. The molecule has 4 aromatic rings. The van der Waals surface area contributed by atoms with Gasteiger partial charge >= 0.3 is 0 Å². The molecular formula is C18H15N5O3. The van der Waals surface area contributed by atoms with Gasteiger partial charge in [-0.05, 0) is 31.2 Å². The number of benzene rings is 2. The molecule has 0 aliphatic heterocycles. The van der Waals surface area contributed by atoms with Gasteiger partial charge in [-0.3, -0.25) is 10.1 Å². The van der Waals surface area contributed by atoms with E-state index < -0.39 is 4.92 Å². The van der Waals surface area contributed by atoms with E-state index in [0.29, 0.717) is 22.8 Å². The number of H-pyrrole nitrogens is 1. The summed E-state index contributed by atoms with van der Waals surface area (Å²) in [5.74, 6) is 0.883. The van der Waals surface area contributed by atoms with E-state index in [9.17, 15) is 10.1 Å². The van der Waals surface area contributed by atoms with E-state index in [1.165, 1.54) is 19.5 Å². The van der Waals surface area contributed by atoms with E-state index >= 15 is 0 Å². The lowest BCUT2D eigenvalue weighted by atomic mass is 10.1. The minimum Gasteiger partial charge on any atom is -0.496 e. The highest BCUT2D eigenvalue weighted by molar-refractivity contribution is 6.08. The zero-order valence-electron chi connectivity index (χ0n) is 14.1. The zero-order valence-corrected chi connectivity index (χ0v) is 14.1. The Hall–Kier alpha value is -3.68. The van der Waals surface area contributed by atoms with Gasteiger partial charge in [0.05, 0.1) is 18.1 Å². The predicted molar refractivity (Wildman–Crippen MR) is 99.1 cm³/mol. The molecule has 2 aromatic heterocycles. The Morgan fingerprint density at radius 1 is 1.19 bits per heavy atom. The van der Waals surface area contributed by atoms with Gasteiger partial charge in [0.15, 0.2) is 5.82 Å². The summed E-state index contributed by atoms with van der Waals surface area (Å²) in [4.78, 5) is 22.8. The van der Waals surface area contributed by atoms with Crippen LogP contribution in [0, 0.1) is 17.0 Å². The van der Waals surface area contributed by atoms with Gasteiger partial charge in [0.25, 0.3) is 5.69 Å². The maximum Gasteiger partial charge on any atom is 0.296 e. The number of nitro benzene ring substituents is 1. The van der Waals surface area contributed by atoms with Gasteiger partial charge in [-0.25, -0.2) is 9.97 Å². The van der Waals surface area contributed by atoms with Crippen LogP contribution in [-0.2, 0) is 0 Å². The van der Waals surface area contributed by atoms with Crippen molar-refractivity contribution < 1.29 is 9.66 Å². The van der Waals surface area contributed by atoms with Crippen molar-refractivity contribution in [1.82, 2.24) is 15.0 Å². The smallest absolute Gasteiger partial charge is 0.296 e. The van der Waals surface area contributed by atoms with Crippen LogP contribution < -0.4 is 10.1 Å². The van der Waals surface area contributed by atoms with Crippen LogP contribution in [0.25, 0.3) is 21.9 Å². The van der Waals surface area contributed by atoms with E-state index in [-0.39, 0.29) is 5.69 Å². The summed E-state index contributed by atoms with van der Waals surface area (Å²) in [5.41, 5.74) is 3.74. The molecule has 0 atom stereocenters. The molecule has 0 unspecified atom stereocenters. The van der Waals surface area contributed by atoms with Crippen molar-refractivity contribution in [3.63, 3.8) is 0 Å². The number of fused-ring (bicyclic) bond motifs is 3. The number of nitrogens with zero attached hydrogens (tertiary/aromatic N) is 3. The molecule has 0 spiro atoms. The van der Waals surface area contributed by atoms with Gasteiger partial charge in [0.2, 0.25) is 0 Å². The maximum absolute atomic E-state index is 11.4. The summed E-state index contributed by atoms with van der Waals surface area (Å²) in [6.07, 6.45) is 1.44. The Kier molecular flexibility index (Phi) is 3.65. The molecule has 8 nitrogen and oxygen atoms in total. The van der Waals surface area contributed by atoms with E-state index in [0.717, 1.165) is 22.0 Å². The first kappa shape index (κ1) is 15.8. The van der Waals surface area contributed by atoms with Gasteiger partial charge in [-0.15, -0.1) is 0 Å². The average Bonchev–Trinajstić information content (AvgIpc) is 3.01. The first-order chi connectivity index (χ1) is 12.6. The van der Waals surface area contributed by atoms with Crippen molar-refractivity contribution in [2.75, 3.05) is 12.4 Å². The molecule has 130 valence electrons. The first-order valence-electron chi connectivity index (χ1n) is 7.89. The number of nitrogens with one attached hydrogen (secondary N) is 2. The number of aryl methyl sites for hydroxylation is 1. The number of aromatic nitrogens is 3. The zero-order chi connectivity index (χ0) is 18.3. The van der Waals surface area contributed by atoms with Gasteiger partial charge < -0.3 is 15.0 Å². The molecule has 8 heteroatoms. The maximum atomic E-state index is 11.4. The van der Waals surface area contributed by atoms with Crippen molar-refractivity contribution in [1.29, 1.82) is 0 Å². The molecular weight excluding hydrogens is 334 g/mol. The number of hydrogen-bond donors (Lipinski definition) is 2. The van der Waals surface area contributed by atoms with E-state index in [1.807, 2.05) is 25.1 Å². The Bertz CT molecular complexity index is 1150. The van der Waals surface area contributed by atoms with Gasteiger partial charge in [-0.2, -0.15) is 0 Å². The van der Waals surface area contributed by atoms with Crippen LogP contribution in [0.5, 0.6) is 5.75 Å². The standard InChI is InChI=1S/C18H15N5O3/c1-10-3-5-13-12(7-10)16-17(21-13)18(20-9-19-16)22-14-6-4-11(26-2)8-15(14)23(24)25/h3-9,21H,1-2H3,(H,19,20,22). The SMILES string of the molecule is COc1ccc(Nc2ncnc3c2[nH]c2ccc(C)cc23)c([N+](=O)[O-])c1. The van der Waals surface area contributed by atoms with Crippen LogP contribution in [0.2, 0.25) is 0 Å². The van der Waals surface area contributed by atoms with Crippen LogP contribution in [0.15, 0.2) is 42.7 Å². The average molecular weight is 349 g/mol. The van der Waals surface area contributed by atoms with E-state index in [1.54, 1.807) is 12.1 Å². The second-order valence-corrected chi connectivity index (χ2v) is 5.89. The molecule has 0 saturated carbocycles. The summed E-state index contributed by atoms with van der Waals surface area (Å²) >= 11 is 0. The van der Waals surface area contributed by atoms with Crippen molar-refractivity contribution in [2.24, 2.45) is 0 Å². The fourth-order valence-electron chi connectivity index (χ4n) is 2.92. The van der Waals surface area contributed by atoms with Crippen molar-refractivity contribution in [3.05, 3.63) is 58.4 Å². The van der Waals surface area contributed by atoms with Crippen LogP contribution >= 0.6 is 0 Å². The number of anilines is 2. The molecule has 2 N–H and O–H groups in total. The molecule has 0 aliphatic rings. The van der Waals surface area contributed by atoms with Gasteiger partial charge in [-0.1, -0.05) is 11.6 Å². The lowest BCUT2D eigenvalue weighted by Gasteiger charge is -2.08. The monoisotopic (exact) mass is 349 g/mol. The Labute approximate surface area is 148 Å². The van der Waals surface area contributed by atoms with Crippen molar-refractivity contribution in [3.8, 4) is 5.75 Å². The number of rotatable bonds is 4. The number of ether oxygens (including phenoxy) is 1. The molecule has 2 heterocycles. The molecule has 0 aliphatic carbocycles. The largest absolute Gasteiger partial charge is 0.496 e. The molecule has 0 radical (unpaired) electrons. The normalized spacial score (nSPS) is 11.0. The van der Waals surface area contributed by atoms with Crippen molar-refractivity contribution in [2.45, 2.75) is 6.92 Å². The second kappa shape index (κ2) is 5.99. The molecule has 0 amide bonds. The minimum absolute atomic E-state index is 0.0944. The highest BCUT2D eigenvalue weighted by atomic mass is 16.6. The highest BCUT2D eigenvalue weighted by Crippen LogP contribution is 2.34. The van der Waals surface area contributed by atoms with Gasteiger partial charge in [0.1, 0.15) is 28.8 Å². The Morgan fingerprint density at radius 3 is 2.81 bits per heavy atom. The summed E-state index contributed by atoms with van der Waals surface area (Å²) in [7, 11) is 1.46. The van der Waals surface area contributed by atoms with Crippen LogP contribution in [0.4, 0.5) is 17.2 Å². The minimum atomic E-state index is -0.461. The summed E-state index contributed by atoms with van der Waals surface area (Å²) < 4.78 is 5.07. The Morgan fingerprint density at radius 2 is 2.04 bits per heavy atom. The van der Waals surface area contributed by atoms with E-state index in [2.05, 4.69) is 20.3 Å². The van der Waals surface area contributed by atoms with Crippen LogP contribution in [0.1, 0.15) is 5.56 Å². The number of nitro groups is 1. The molecule has 0 fully saturated rings.